The molecule has 1 aliphatic carbocycles. The van der Waals surface area contributed by atoms with E-state index in [1.165, 1.54) is 25.7 Å². The maximum atomic E-state index is 12.2. The first-order chi connectivity index (χ1) is 8.15. The smallest absolute Gasteiger partial charge is 0.222 e. The lowest BCUT2D eigenvalue weighted by Gasteiger charge is -2.30. The first-order valence-electron chi connectivity index (χ1n) is 7.00. The molecule has 0 spiro atoms. The summed E-state index contributed by atoms with van der Waals surface area (Å²) in [7, 11) is 0. The summed E-state index contributed by atoms with van der Waals surface area (Å²) in [6, 6.07) is 0.511. The molecule has 1 rings (SSSR count). The molecule has 1 amide bonds. The molecule has 1 aliphatic rings. The zero-order chi connectivity index (χ0) is 12.7. The molecule has 1 saturated carbocycles. The molecule has 0 heterocycles. The molecule has 2 nitrogen and oxygen atoms in total. The maximum absolute atomic E-state index is 12.2. The van der Waals surface area contributed by atoms with Crippen molar-refractivity contribution >= 4 is 17.5 Å². The van der Waals surface area contributed by atoms with Crippen molar-refractivity contribution in [3.63, 3.8) is 0 Å². The first kappa shape index (κ1) is 14.8. The monoisotopic (exact) mass is 259 g/mol. The molecule has 100 valence electrons. The third-order valence-electron chi connectivity index (χ3n) is 3.56. The van der Waals surface area contributed by atoms with Gasteiger partial charge >= 0.3 is 0 Å². The van der Waals surface area contributed by atoms with Crippen LogP contribution in [0.4, 0.5) is 0 Å². The number of carbonyl (C=O) groups is 1. The minimum atomic E-state index is 0.318. The Balaban J connectivity index is 2.47. The van der Waals surface area contributed by atoms with Gasteiger partial charge in [-0.05, 0) is 31.6 Å². The van der Waals surface area contributed by atoms with Crippen molar-refractivity contribution in [2.45, 2.75) is 64.8 Å². The Bertz CT molecular complexity index is 224. The van der Waals surface area contributed by atoms with Crippen LogP contribution in [0.15, 0.2) is 0 Å². The van der Waals surface area contributed by atoms with Gasteiger partial charge < -0.3 is 4.90 Å². The lowest BCUT2D eigenvalue weighted by atomic mass is 10.1. The average molecular weight is 260 g/mol. The standard InChI is InChI=1S/C14H26ClNO/c1-12(2)9-11-16(13-6-3-4-7-13)14(17)8-5-10-15/h12-13H,3-11H2,1-2H3. The molecule has 0 atom stereocenters. The summed E-state index contributed by atoms with van der Waals surface area (Å²) in [5, 5.41) is 0. The zero-order valence-electron chi connectivity index (χ0n) is 11.3. The highest BCUT2D eigenvalue weighted by molar-refractivity contribution is 6.17. The maximum Gasteiger partial charge on any atom is 0.222 e. The second-order valence-electron chi connectivity index (χ2n) is 5.50. The molecule has 0 bridgehead atoms. The van der Waals surface area contributed by atoms with Crippen LogP contribution in [-0.2, 0) is 4.79 Å². The molecule has 1 fully saturated rings. The number of halogens is 1. The van der Waals surface area contributed by atoms with Gasteiger partial charge in [-0.1, -0.05) is 26.7 Å². The Kier molecular flexibility index (Phi) is 6.94. The van der Waals surface area contributed by atoms with E-state index in [9.17, 15) is 4.79 Å². The minimum absolute atomic E-state index is 0.318. The van der Waals surface area contributed by atoms with Gasteiger partial charge in [-0.2, -0.15) is 0 Å². The molecular formula is C14H26ClNO. The molecule has 0 aliphatic heterocycles. The molecule has 0 radical (unpaired) electrons. The number of nitrogens with zero attached hydrogens (tertiary/aromatic N) is 1. The molecule has 0 aromatic heterocycles. The highest BCUT2D eigenvalue weighted by atomic mass is 35.5. The lowest BCUT2D eigenvalue weighted by Crippen LogP contribution is -2.39. The van der Waals surface area contributed by atoms with Gasteiger partial charge in [0.05, 0.1) is 0 Å². The lowest BCUT2D eigenvalue weighted by molar-refractivity contribution is -0.133. The van der Waals surface area contributed by atoms with Gasteiger partial charge in [0.15, 0.2) is 0 Å². The number of amides is 1. The largest absolute Gasteiger partial charge is 0.340 e. The van der Waals surface area contributed by atoms with E-state index < -0.39 is 0 Å². The van der Waals surface area contributed by atoms with Gasteiger partial charge in [0.25, 0.3) is 0 Å². The Morgan fingerprint density at radius 1 is 1.35 bits per heavy atom. The third-order valence-corrected chi connectivity index (χ3v) is 3.82. The van der Waals surface area contributed by atoms with Crippen molar-refractivity contribution in [1.82, 2.24) is 4.90 Å². The fourth-order valence-corrected chi connectivity index (χ4v) is 2.62. The van der Waals surface area contributed by atoms with Gasteiger partial charge in [0.1, 0.15) is 0 Å². The van der Waals surface area contributed by atoms with Crippen LogP contribution in [0.25, 0.3) is 0 Å². The third kappa shape index (κ3) is 5.29. The summed E-state index contributed by atoms with van der Waals surface area (Å²) in [6.45, 7) is 5.37. The van der Waals surface area contributed by atoms with Crippen LogP contribution < -0.4 is 0 Å². The number of hydrogen-bond donors (Lipinski definition) is 0. The van der Waals surface area contributed by atoms with Crippen LogP contribution in [0.3, 0.4) is 0 Å². The molecule has 0 unspecified atom stereocenters. The van der Waals surface area contributed by atoms with E-state index in [1.807, 2.05) is 0 Å². The van der Waals surface area contributed by atoms with Crippen LogP contribution in [-0.4, -0.2) is 29.3 Å². The molecular weight excluding hydrogens is 234 g/mol. The van der Waals surface area contributed by atoms with Crippen LogP contribution in [0.1, 0.15) is 58.8 Å². The second kappa shape index (κ2) is 7.97. The number of alkyl halides is 1. The minimum Gasteiger partial charge on any atom is -0.340 e. The van der Waals surface area contributed by atoms with Gasteiger partial charge in [-0.15, -0.1) is 11.6 Å². The van der Waals surface area contributed by atoms with E-state index in [0.717, 1.165) is 19.4 Å². The van der Waals surface area contributed by atoms with E-state index in [4.69, 9.17) is 11.6 Å². The molecule has 3 heteroatoms. The molecule has 0 N–H and O–H groups in total. The number of carbonyl (C=O) groups excluding carboxylic acids is 1. The first-order valence-corrected chi connectivity index (χ1v) is 7.54. The number of hydrogen-bond acceptors (Lipinski definition) is 1. The predicted molar refractivity (Wildman–Crippen MR) is 73.4 cm³/mol. The summed E-state index contributed by atoms with van der Waals surface area (Å²) in [5.74, 6) is 1.58. The van der Waals surface area contributed by atoms with Crippen molar-refractivity contribution in [1.29, 1.82) is 0 Å². The highest BCUT2D eigenvalue weighted by Gasteiger charge is 2.25. The summed E-state index contributed by atoms with van der Waals surface area (Å²) in [5.41, 5.74) is 0. The van der Waals surface area contributed by atoms with E-state index in [-0.39, 0.29) is 0 Å². The molecule has 17 heavy (non-hydrogen) atoms. The predicted octanol–water partition coefficient (Wildman–Crippen LogP) is 3.82. The van der Waals surface area contributed by atoms with Crippen molar-refractivity contribution in [3.8, 4) is 0 Å². The fourth-order valence-electron chi connectivity index (χ4n) is 2.49. The zero-order valence-corrected chi connectivity index (χ0v) is 12.0. The normalized spacial score (nSPS) is 16.7. The quantitative estimate of drug-likeness (QED) is 0.637. The summed E-state index contributed by atoms with van der Waals surface area (Å²) in [4.78, 5) is 14.3. The average Bonchev–Trinajstić information content (AvgIpc) is 2.79. The van der Waals surface area contributed by atoms with Crippen LogP contribution >= 0.6 is 11.6 Å². The highest BCUT2D eigenvalue weighted by Crippen LogP contribution is 2.25. The number of rotatable bonds is 7. The Morgan fingerprint density at radius 2 is 2.00 bits per heavy atom. The molecule has 0 saturated heterocycles. The van der Waals surface area contributed by atoms with Crippen molar-refractivity contribution in [2.75, 3.05) is 12.4 Å². The van der Waals surface area contributed by atoms with Gasteiger partial charge in [-0.3, -0.25) is 4.79 Å². The topological polar surface area (TPSA) is 20.3 Å². The van der Waals surface area contributed by atoms with Crippen LogP contribution in [0, 0.1) is 5.92 Å². The SMILES string of the molecule is CC(C)CCN(C(=O)CCCCl)C1CCCC1. The van der Waals surface area contributed by atoms with E-state index in [0.29, 0.717) is 30.2 Å². The van der Waals surface area contributed by atoms with Crippen molar-refractivity contribution in [3.05, 3.63) is 0 Å². The van der Waals surface area contributed by atoms with Crippen LogP contribution in [0.5, 0.6) is 0 Å². The van der Waals surface area contributed by atoms with Gasteiger partial charge in [0, 0.05) is 24.9 Å². The van der Waals surface area contributed by atoms with Crippen molar-refractivity contribution in [2.24, 2.45) is 5.92 Å². The molecule has 0 aromatic carbocycles. The van der Waals surface area contributed by atoms with Gasteiger partial charge in [0.2, 0.25) is 5.91 Å². The van der Waals surface area contributed by atoms with Gasteiger partial charge in [-0.25, -0.2) is 0 Å². The summed E-state index contributed by atoms with van der Waals surface area (Å²) >= 11 is 5.67. The molecule has 0 aromatic rings. The van der Waals surface area contributed by atoms with E-state index in [1.54, 1.807) is 0 Å². The second-order valence-corrected chi connectivity index (χ2v) is 5.88. The van der Waals surface area contributed by atoms with E-state index >= 15 is 0 Å². The summed E-state index contributed by atoms with van der Waals surface area (Å²) < 4.78 is 0. The Labute approximate surface area is 111 Å². The Hall–Kier alpha value is -0.240. The summed E-state index contributed by atoms with van der Waals surface area (Å²) in [6.07, 6.45) is 7.51. The van der Waals surface area contributed by atoms with Crippen molar-refractivity contribution < 1.29 is 4.79 Å². The fraction of sp³-hybridized carbons (Fsp3) is 0.929. The van der Waals surface area contributed by atoms with E-state index in [2.05, 4.69) is 18.7 Å². The van der Waals surface area contributed by atoms with Crippen LogP contribution in [0.2, 0.25) is 0 Å². The Morgan fingerprint density at radius 3 is 2.53 bits per heavy atom.